The minimum absolute atomic E-state index is 0.0121. The molecule has 12 heteroatoms. The largest absolute Gasteiger partial charge is 0.490 e. The number of carbonyl (C=O) groups excluding carboxylic acids is 2. The van der Waals surface area contributed by atoms with Gasteiger partial charge in [0.05, 0.1) is 21.5 Å². The number of hydrazone groups is 1. The second-order valence-electron chi connectivity index (χ2n) is 7.72. The predicted octanol–water partition coefficient (Wildman–Crippen LogP) is 4.12. The van der Waals surface area contributed by atoms with Crippen LogP contribution in [0.2, 0.25) is 10.0 Å². The summed E-state index contributed by atoms with van der Waals surface area (Å²) in [6, 6.07) is 7.55. The van der Waals surface area contributed by atoms with E-state index in [-0.39, 0.29) is 34.7 Å². The Morgan fingerprint density at radius 3 is 2.47 bits per heavy atom. The van der Waals surface area contributed by atoms with E-state index in [1.165, 1.54) is 18.2 Å². The van der Waals surface area contributed by atoms with Crippen LogP contribution in [0.15, 0.2) is 40.3 Å². The van der Waals surface area contributed by atoms with E-state index >= 15 is 0 Å². The van der Waals surface area contributed by atoms with E-state index in [1.807, 2.05) is 13.8 Å². The lowest BCUT2D eigenvalue weighted by Crippen LogP contribution is -2.36. The molecule has 0 fully saturated rings. The van der Waals surface area contributed by atoms with Gasteiger partial charge in [-0.2, -0.15) is 10.1 Å². The number of amidine groups is 1. The van der Waals surface area contributed by atoms with Gasteiger partial charge in [-0.1, -0.05) is 23.2 Å². The maximum atomic E-state index is 12.6. The molecule has 0 bridgehead atoms. The van der Waals surface area contributed by atoms with E-state index in [2.05, 4.69) is 10.4 Å². The number of halogens is 2. The maximum Gasteiger partial charge on any atom is 0.412 e. The number of hydrogen-bond donors (Lipinski definition) is 1. The molecule has 0 spiro atoms. The number of sulfone groups is 1. The van der Waals surface area contributed by atoms with Gasteiger partial charge < -0.3 is 9.47 Å². The van der Waals surface area contributed by atoms with Crippen LogP contribution < -0.4 is 15.1 Å². The molecular weight excluding hydrogens is 505 g/mol. The Bertz CT molecular complexity index is 1280. The minimum atomic E-state index is -3.47. The molecule has 1 aliphatic heterocycles. The third-order valence-electron chi connectivity index (χ3n) is 5.03. The highest BCUT2D eigenvalue weighted by atomic mass is 35.5. The van der Waals surface area contributed by atoms with Crippen molar-refractivity contribution in [2.75, 3.05) is 24.5 Å². The van der Waals surface area contributed by atoms with Crippen LogP contribution in [0.1, 0.15) is 18.1 Å². The predicted molar refractivity (Wildman–Crippen MR) is 130 cm³/mol. The fourth-order valence-corrected chi connectivity index (χ4v) is 4.27. The summed E-state index contributed by atoms with van der Waals surface area (Å²) in [7, 11) is -3.47. The van der Waals surface area contributed by atoms with Crippen molar-refractivity contribution in [2.24, 2.45) is 11.0 Å². The Balaban J connectivity index is 1.60. The summed E-state index contributed by atoms with van der Waals surface area (Å²) in [5.74, 6) is -0.501. The summed E-state index contributed by atoms with van der Waals surface area (Å²) in [6.07, 6.45) is 0.252. The number of amides is 2. The molecule has 1 atom stereocenters. The number of nitrogens with one attached hydrogen (secondary N) is 1. The number of ether oxygens (including phenoxy) is 2. The summed E-state index contributed by atoms with van der Waals surface area (Å²) < 4.78 is 34.2. The third kappa shape index (κ3) is 5.81. The van der Waals surface area contributed by atoms with E-state index in [4.69, 9.17) is 32.7 Å². The number of hydrogen-bond acceptors (Lipinski definition) is 7. The zero-order chi connectivity index (χ0) is 25.2. The standard InChI is InChI=1S/C22H23Cl2N3O6S/c1-12-10-19(13(2)9-16(12)23)32-7-8-33-22(29)25-20-14(3)21(28)27(26-20)18-6-5-15(11-17(18)24)34(4,30)31/h5-6,9-11,14H,7-8H2,1-4H3,(H,25,26,29). The Kier molecular flexibility index (Phi) is 7.74. The van der Waals surface area contributed by atoms with Crippen LogP contribution in [-0.2, 0) is 19.4 Å². The molecule has 9 nitrogen and oxygen atoms in total. The van der Waals surface area contributed by atoms with E-state index in [9.17, 15) is 18.0 Å². The summed E-state index contributed by atoms with van der Waals surface area (Å²) in [4.78, 5) is 24.8. The summed E-state index contributed by atoms with van der Waals surface area (Å²) in [5, 5.41) is 8.27. The van der Waals surface area contributed by atoms with Gasteiger partial charge in [-0.25, -0.2) is 13.2 Å². The maximum absolute atomic E-state index is 12.6. The molecule has 2 amide bonds. The Morgan fingerprint density at radius 2 is 1.82 bits per heavy atom. The van der Waals surface area contributed by atoms with Crippen LogP contribution in [0.25, 0.3) is 0 Å². The summed E-state index contributed by atoms with van der Waals surface area (Å²) in [5.41, 5.74) is 1.92. The van der Waals surface area contributed by atoms with Gasteiger partial charge in [0, 0.05) is 11.3 Å². The first-order chi connectivity index (χ1) is 15.9. The van der Waals surface area contributed by atoms with Crippen molar-refractivity contribution in [3.05, 3.63) is 51.5 Å². The highest BCUT2D eigenvalue weighted by Crippen LogP contribution is 2.32. The van der Waals surface area contributed by atoms with E-state index in [0.29, 0.717) is 10.8 Å². The fraction of sp³-hybridized carbons (Fsp3) is 0.318. The van der Waals surface area contributed by atoms with Crippen molar-refractivity contribution in [2.45, 2.75) is 25.7 Å². The number of carbonyl (C=O) groups is 2. The fourth-order valence-electron chi connectivity index (χ4n) is 3.08. The molecule has 3 rings (SSSR count). The van der Waals surface area contributed by atoms with Crippen LogP contribution in [0.3, 0.4) is 0 Å². The second-order valence-corrected chi connectivity index (χ2v) is 10.5. The number of nitrogens with zero attached hydrogens (tertiary/aromatic N) is 2. The molecule has 0 aromatic heterocycles. The van der Waals surface area contributed by atoms with Gasteiger partial charge >= 0.3 is 6.09 Å². The first-order valence-corrected chi connectivity index (χ1v) is 12.8. The molecule has 1 N–H and O–H groups in total. The number of benzene rings is 2. The molecule has 2 aromatic rings. The van der Waals surface area contributed by atoms with Gasteiger partial charge in [-0.15, -0.1) is 0 Å². The lowest BCUT2D eigenvalue weighted by molar-refractivity contribution is -0.119. The van der Waals surface area contributed by atoms with Crippen molar-refractivity contribution in [3.8, 4) is 5.75 Å². The van der Waals surface area contributed by atoms with Crippen LogP contribution in [0, 0.1) is 19.8 Å². The van der Waals surface area contributed by atoms with Gasteiger partial charge in [0.1, 0.15) is 24.8 Å². The Labute approximate surface area is 207 Å². The van der Waals surface area contributed by atoms with Crippen molar-refractivity contribution in [3.63, 3.8) is 0 Å². The quantitative estimate of drug-likeness (QED) is 0.565. The highest BCUT2D eigenvalue weighted by molar-refractivity contribution is 7.90. The van der Waals surface area contributed by atoms with Crippen molar-refractivity contribution >= 4 is 56.6 Å². The molecule has 182 valence electrons. The zero-order valence-electron chi connectivity index (χ0n) is 18.9. The zero-order valence-corrected chi connectivity index (χ0v) is 21.2. The number of anilines is 1. The van der Waals surface area contributed by atoms with Crippen molar-refractivity contribution < 1.29 is 27.5 Å². The monoisotopic (exact) mass is 527 g/mol. The smallest absolute Gasteiger partial charge is 0.412 e. The number of rotatable bonds is 6. The van der Waals surface area contributed by atoms with Crippen LogP contribution in [-0.4, -0.2) is 45.7 Å². The molecule has 0 saturated carbocycles. The molecule has 34 heavy (non-hydrogen) atoms. The number of alkyl carbamates (subject to hydrolysis) is 1. The normalized spacial score (nSPS) is 15.8. The molecule has 1 heterocycles. The average Bonchev–Trinajstić information content (AvgIpc) is 3.02. The van der Waals surface area contributed by atoms with Gasteiger partial charge in [0.15, 0.2) is 9.84 Å². The summed E-state index contributed by atoms with van der Waals surface area (Å²) >= 11 is 12.3. The molecular formula is C22H23Cl2N3O6S. The first-order valence-electron chi connectivity index (χ1n) is 10.1. The number of aryl methyl sites for hydroxylation is 2. The Hall–Kier alpha value is -2.82. The van der Waals surface area contributed by atoms with Crippen LogP contribution in [0.4, 0.5) is 10.5 Å². The summed E-state index contributed by atoms with van der Waals surface area (Å²) in [6.45, 7) is 5.36. The van der Waals surface area contributed by atoms with Gasteiger partial charge in [0.25, 0.3) is 5.91 Å². The minimum Gasteiger partial charge on any atom is -0.490 e. The highest BCUT2D eigenvalue weighted by Gasteiger charge is 2.35. The molecule has 1 aliphatic rings. The molecule has 0 radical (unpaired) electrons. The first kappa shape index (κ1) is 25.8. The second kappa shape index (κ2) is 10.2. The molecule has 2 aromatic carbocycles. The SMILES string of the molecule is Cc1cc(OCCOC(=O)NC2=NN(c3ccc(S(C)(=O)=O)cc3Cl)C(=O)C2C)c(C)cc1Cl. The van der Waals surface area contributed by atoms with Gasteiger partial charge in [-0.05, 0) is 62.2 Å². The molecule has 0 aliphatic carbocycles. The van der Waals surface area contributed by atoms with Crippen molar-refractivity contribution in [1.82, 2.24) is 5.32 Å². The van der Waals surface area contributed by atoms with Gasteiger partial charge in [0.2, 0.25) is 0 Å². The topological polar surface area (TPSA) is 114 Å². The Morgan fingerprint density at radius 1 is 1.12 bits per heavy atom. The van der Waals surface area contributed by atoms with E-state index in [0.717, 1.165) is 22.4 Å². The average molecular weight is 528 g/mol. The third-order valence-corrected chi connectivity index (χ3v) is 6.85. The van der Waals surface area contributed by atoms with Crippen LogP contribution in [0.5, 0.6) is 5.75 Å². The van der Waals surface area contributed by atoms with Crippen molar-refractivity contribution in [1.29, 1.82) is 0 Å². The molecule has 0 saturated heterocycles. The molecule has 1 unspecified atom stereocenters. The lowest BCUT2D eigenvalue weighted by Gasteiger charge is -2.14. The lowest BCUT2D eigenvalue weighted by atomic mass is 10.1. The van der Waals surface area contributed by atoms with Crippen LogP contribution >= 0.6 is 23.2 Å². The van der Waals surface area contributed by atoms with E-state index in [1.54, 1.807) is 19.1 Å². The van der Waals surface area contributed by atoms with E-state index < -0.39 is 27.8 Å². The van der Waals surface area contributed by atoms with Gasteiger partial charge in [-0.3, -0.25) is 10.1 Å².